The first-order valence-electron chi connectivity index (χ1n) is 8.18. The number of allylic oxidation sites excluding steroid dienone is 1. The topological polar surface area (TPSA) is 35.5 Å². The van der Waals surface area contributed by atoms with Crippen molar-refractivity contribution in [1.29, 1.82) is 0 Å². The Morgan fingerprint density at radius 3 is 1.91 bits per heavy atom. The summed E-state index contributed by atoms with van der Waals surface area (Å²) >= 11 is 0. The highest BCUT2D eigenvalue weighted by Crippen LogP contribution is 2.46. The van der Waals surface area contributed by atoms with Crippen LogP contribution < -0.4 is 0 Å². The molecule has 0 bridgehead atoms. The summed E-state index contributed by atoms with van der Waals surface area (Å²) in [6.45, 7) is 12.8. The van der Waals surface area contributed by atoms with Gasteiger partial charge < -0.3 is 9.47 Å². The number of carbonyl (C=O) groups excluding carboxylic acids is 1. The zero-order valence-corrected chi connectivity index (χ0v) is 14.9. The molecule has 0 atom stereocenters. The van der Waals surface area contributed by atoms with Crippen molar-refractivity contribution in [2.45, 2.75) is 52.4 Å². The first-order valence-corrected chi connectivity index (χ1v) is 8.18. The molecule has 3 nitrogen and oxygen atoms in total. The number of benzene rings is 1. The summed E-state index contributed by atoms with van der Waals surface area (Å²) in [6, 6.07) is 8.13. The zero-order chi connectivity index (χ0) is 17.3. The van der Waals surface area contributed by atoms with Crippen LogP contribution in [0.3, 0.4) is 0 Å². The van der Waals surface area contributed by atoms with Gasteiger partial charge in [-0.2, -0.15) is 0 Å². The number of hydrogen-bond donors (Lipinski definition) is 0. The van der Waals surface area contributed by atoms with E-state index in [1.54, 1.807) is 0 Å². The predicted molar refractivity (Wildman–Crippen MR) is 91.3 cm³/mol. The highest BCUT2D eigenvalue weighted by atomic mass is 16.7. The second kappa shape index (κ2) is 6.25. The van der Waals surface area contributed by atoms with Crippen LogP contribution in [0.4, 0.5) is 0 Å². The average molecular weight is 314 g/mol. The molecule has 0 N–H and O–H groups in total. The van der Waals surface area contributed by atoms with E-state index >= 15 is 0 Å². The maximum Gasteiger partial charge on any atom is 0.328 e. The van der Waals surface area contributed by atoms with Crippen molar-refractivity contribution in [2.75, 3.05) is 13.2 Å². The van der Waals surface area contributed by atoms with Crippen molar-refractivity contribution in [3.05, 3.63) is 52.6 Å². The Kier molecular flexibility index (Phi) is 4.72. The van der Waals surface area contributed by atoms with E-state index in [-0.39, 0.29) is 5.78 Å². The minimum atomic E-state index is -0.585. The number of Topliss-reactive ketones (excluding diaryl/α,β-unsaturated/α-hetero) is 1. The molecule has 0 amide bonds. The van der Waals surface area contributed by atoms with Crippen LogP contribution >= 0.6 is 0 Å². The number of rotatable bonds is 4. The zero-order valence-electron chi connectivity index (χ0n) is 14.9. The molecule has 0 unspecified atom stereocenters. The fourth-order valence-electron chi connectivity index (χ4n) is 3.12. The molecule has 0 saturated carbocycles. The molecule has 1 aliphatic rings. The molecule has 0 heterocycles. The van der Waals surface area contributed by atoms with Crippen LogP contribution in [0.15, 0.2) is 41.5 Å². The quantitative estimate of drug-likeness (QED) is 0.473. The first-order chi connectivity index (χ1) is 10.8. The lowest BCUT2D eigenvalue weighted by atomic mass is 9.60. The number of fused-ring (bicyclic) bond motifs is 1. The molecular formula is C20H26O3. The average Bonchev–Trinajstić information content (AvgIpc) is 2.51. The maximum absolute atomic E-state index is 13.1. The highest BCUT2D eigenvalue weighted by Gasteiger charge is 2.47. The molecule has 1 aromatic carbocycles. The number of ketones is 1. The lowest BCUT2D eigenvalue weighted by Gasteiger charge is -2.41. The Morgan fingerprint density at radius 2 is 1.43 bits per heavy atom. The third-order valence-electron chi connectivity index (χ3n) is 4.47. The second-order valence-corrected chi connectivity index (χ2v) is 6.78. The van der Waals surface area contributed by atoms with E-state index < -0.39 is 10.8 Å². The maximum atomic E-state index is 13.1. The molecule has 0 fully saturated rings. The van der Waals surface area contributed by atoms with Gasteiger partial charge in [0.15, 0.2) is 5.78 Å². The third-order valence-corrected chi connectivity index (χ3v) is 4.47. The fourth-order valence-corrected chi connectivity index (χ4v) is 3.12. The second-order valence-electron chi connectivity index (χ2n) is 6.78. The minimum Gasteiger partial charge on any atom is -0.460 e. The van der Waals surface area contributed by atoms with Gasteiger partial charge in [-0.05, 0) is 44.6 Å². The molecule has 0 radical (unpaired) electrons. The van der Waals surface area contributed by atoms with Gasteiger partial charge in [0, 0.05) is 5.41 Å². The standard InChI is InChI=1S/C20H26O3/c1-7-22-17(23-8-2)13-16-18(21)20(5,6)15-12-10-9-11-14(15)19(16,3)4/h9-12H,7-8H2,1-6H3. The van der Waals surface area contributed by atoms with E-state index in [1.165, 1.54) is 0 Å². The van der Waals surface area contributed by atoms with Gasteiger partial charge in [0.1, 0.15) is 0 Å². The molecule has 124 valence electrons. The van der Waals surface area contributed by atoms with Gasteiger partial charge in [-0.25, -0.2) is 0 Å². The molecule has 0 saturated heterocycles. The Balaban J connectivity index is 2.75. The van der Waals surface area contributed by atoms with E-state index in [9.17, 15) is 4.79 Å². The molecule has 1 aliphatic carbocycles. The summed E-state index contributed by atoms with van der Waals surface area (Å²) in [5.74, 6) is 0.361. The van der Waals surface area contributed by atoms with Crippen molar-refractivity contribution >= 4 is 5.78 Å². The Bertz CT molecular complexity index is 666. The van der Waals surface area contributed by atoms with Gasteiger partial charge in [-0.1, -0.05) is 38.1 Å². The summed E-state index contributed by atoms with van der Waals surface area (Å²) in [4.78, 5) is 13.1. The summed E-state index contributed by atoms with van der Waals surface area (Å²) in [7, 11) is 0. The monoisotopic (exact) mass is 314 g/mol. The number of hydrogen-bond acceptors (Lipinski definition) is 3. The summed E-state index contributed by atoms with van der Waals surface area (Å²) in [5.41, 5.74) is 4.95. The fraction of sp³-hybridized carbons (Fsp3) is 0.500. The van der Waals surface area contributed by atoms with E-state index in [0.717, 1.165) is 11.1 Å². The number of carbonyl (C=O) groups is 1. The van der Waals surface area contributed by atoms with Gasteiger partial charge in [-0.3, -0.25) is 4.79 Å². The third kappa shape index (κ3) is 2.94. The van der Waals surface area contributed by atoms with Gasteiger partial charge in [0.25, 0.3) is 0 Å². The van der Waals surface area contributed by atoms with Crippen LogP contribution in [-0.4, -0.2) is 19.0 Å². The number of ether oxygens (including phenoxy) is 2. The van der Waals surface area contributed by atoms with Crippen molar-refractivity contribution in [2.24, 2.45) is 0 Å². The van der Waals surface area contributed by atoms with E-state index in [4.69, 9.17) is 9.47 Å². The summed E-state index contributed by atoms with van der Waals surface area (Å²) in [6.07, 6.45) is 0. The van der Waals surface area contributed by atoms with Gasteiger partial charge in [-0.15, -0.1) is 0 Å². The Hall–Kier alpha value is -1.99. The lowest BCUT2D eigenvalue weighted by Crippen LogP contribution is -2.44. The molecule has 1 aromatic rings. The van der Waals surface area contributed by atoms with Crippen LogP contribution in [0.1, 0.15) is 52.7 Å². The van der Waals surface area contributed by atoms with E-state index in [2.05, 4.69) is 25.6 Å². The SMILES string of the molecule is CCOC(=C=C1C(=O)C(C)(C)c2ccccc2C1(C)C)OCC. The molecular weight excluding hydrogens is 288 g/mol. The molecule has 23 heavy (non-hydrogen) atoms. The Labute approximate surface area is 139 Å². The molecule has 0 aromatic heterocycles. The van der Waals surface area contributed by atoms with Gasteiger partial charge in [0.05, 0.1) is 24.2 Å². The molecule has 0 spiro atoms. The van der Waals surface area contributed by atoms with Crippen LogP contribution in [0.5, 0.6) is 0 Å². The smallest absolute Gasteiger partial charge is 0.328 e. The van der Waals surface area contributed by atoms with E-state index in [0.29, 0.717) is 24.7 Å². The van der Waals surface area contributed by atoms with Crippen LogP contribution in [0, 0.1) is 0 Å². The Morgan fingerprint density at radius 1 is 0.957 bits per heavy atom. The first kappa shape index (κ1) is 17.4. The normalized spacial score (nSPS) is 18.0. The van der Waals surface area contributed by atoms with Crippen LogP contribution in [-0.2, 0) is 25.1 Å². The molecule has 3 heteroatoms. The van der Waals surface area contributed by atoms with Crippen molar-refractivity contribution in [3.63, 3.8) is 0 Å². The van der Waals surface area contributed by atoms with Crippen LogP contribution in [0.25, 0.3) is 0 Å². The van der Waals surface area contributed by atoms with Crippen molar-refractivity contribution in [1.82, 2.24) is 0 Å². The van der Waals surface area contributed by atoms with E-state index in [1.807, 2.05) is 45.9 Å². The molecule has 2 rings (SSSR count). The minimum absolute atomic E-state index is 0.0677. The lowest BCUT2D eigenvalue weighted by molar-refractivity contribution is -0.121. The van der Waals surface area contributed by atoms with Gasteiger partial charge in [0.2, 0.25) is 0 Å². The highest BCUT2D eigenvalue weighted by molar-refractivity contribution is 6.07. The van der Waals surface area contributed by atoms with Crippen molar-refractivity contribution in [3.8, 4) is 0 Å². The summed E-state index contributed by atoms with van der Waals surface area (Å²) < 4.78 is 11.0. The van der Waals surface area contributed by atoms with Crippen LogP contribution in [0.2, 0.25) is 0 Å². The molecule has 0 aliphatic heterocycles. The van der Waals surface area contributed by atoms with Gasteiger partial charge >= 0.3 is 5.95 Å². The van der Waals surface area contributed by atoms with Crippen molar-refractivity contribution < 1.29 is 14.3 Å². The largest absolute Gasteiger partial charge is 0.460 e. The summed E-state index contributed by atoms with van der Waals surface area (Å²) in [5, 5.41) is 0. The predicted octanol–water partition coefficient (Wildman–Crippen LogP) is 4.26.